The maximum atomic E-state index is 11.5. The number of anilines is 1. The average molecular weight is 277 g/mol. The Morgan fingerprint density at radius 1 is 1.15 bits per heavy atom. The molecule has 1 rings (SSSR count). The number of hydrogen-bond donors (Lipinski definition) is 1. The summed E-state index contributed by atoms with van der Waals surface area (Å²) in [5.41, 5.74) is 1.66. The van der Waals surface area contributed by atoms with Gasteiger partial charge in [-0.2, -0.15) is 0 Å². The minimum Gasteiger partial charge on any atom is -0.462 e. The molecule has 1 N–H and O–H groups in total. The molecule has 0 aliphatic carbocycles. The van der Waals surface area contributed by atoms with Gasteiger partial charge in [-0.25, -0.2) is 4.79 Å². The van der Waals surface area contributed by atoms with Crippen molar-refractivity contribution in [2.75, 3.05) is 11.9 Å². The van der Waals surface area contributed by atoms with E-state index in [1.807, 2.05) is 31.2 Å². The molecule has 1 unspecified atom stereocenters. The fourth-order valence-electron chi connectivity index (χ4n) is 2.15. The Balaban J connectivity index is 2.38. The standard InChI is InChI=1S/C17H27NO2/c1-4-6-7-8-9-14(3)18-16-12-10-15(11-13-16)17(19)20-5-2/h10-14,18H,4-9H2,1-3H3. The monoisotopic (exact) mass is 277 g/mol. The van der Waals surface area contributed by atoms with E-state index in [0.29, 0.717) is 18.2 Å². The Hall–Kier alpha value is -1.51. The maximum Gasteiger partial charge on any atom is 0.338 e. The molecule has 1 atom stereocenters. The molecule has 0 spiro atoms. The van der Waals surface area contributed by atoms with Crippen molar-refractivity contribution in [3.63, 3.8) is 0 Å². The van der Waals surface area contributed by atoms with E-state index in [2.05, 4.69) is 19.2 Å². The Labute approximate surface area is 122 Å². The van der Waals surface area contributed by atoms with E-state index < -0.39 is 0 Å². The molecule has 0 saturated carbocycles. The third-order valence-electron chi connectivity index (χ3n) is 3.30. The van der Waals surface area contributed by atoms with Crippen LogP contribution < -0.4 is 5.32 Å². The van der Waals surface area contributed by atoms with E-state index in [4.69, 9.17) is 4.74 Å². The highest BCUT2D eigenvalue weighted by atomic mass is 16.5. The lowest BCUT2D eigenvalue weighted by Gasteiger charge is -2.15. The van der Waals surface area contributed by atoms with Gasteiger partial charge < -0.3 is 10.1 Å². The third-order valence-corrected chi connectivity index (χ3v) is 3.30. The van der Waals surface area contributed by atoms with E-state index in [0.717, 1.165) is 5.69 Å². The number of carbonyl (C=O) groups is 1. The van der Waals surface area contributed by atoms with Gasteiger partial charge in [-0.1, -0.05) is 32.6 Å². The van der Waals surface area contributed by atoms with Crippen LogP contribution >= 0.6 is 0 Å². The van der Waals surface area contributed by atoms with Crippen LogP contribution in [0.5, 0.6) is 0 Å². The maximum absolute atomic E-state index is 11.5. The number of nitrogens with one attached hydrogen (secondary N) is 1. The van der Waals surface area contributed by atoms with Crippen LogP contribution in [-0.2, 0) is 4.74 Å². The lowest BCUT2D eigenvalue weighted by Crippen LogP contribution is -2.15. The largest absolute Gasteiger partial charge is 0.462 e. The molecule has 0 saturated heterocycles. The first-order valence-corrected chi connectivity index (χ1v) is 7.71. The van der Waals surface area contributed by atoms with Gasteiger partial charge in [0.25, 0.3) is 0 Å². The molecule has 0 aliphatic heterocycles. The van der Waals surface area contributed by atoms with Gasteiger partial charge in [-0.05, 0) is 44.5 Å². The zero-order chi connectivity index (χ0) is 14.8. The van der Waals surface area contributed by atoms with Gasteiger partial charge in [0.05, 0.1) is 12.2 Å². The topological polar surface area (TPSA) is 38.3 Å². The van der Waals surface area contributed by atoms with Crippen molar-refractivity contribution in [2.24, 2.45) is 0 Å². The quantitative estimate of drug-likeness (QED) is 0.528. The molecule has 0 bridgehead atoms. The zero-order valence-electron chi connectivity index (χ0n) is 12.9. The minimum atomic E-state index is -0.258. The van der Waals surface area contributed by atoms with Gasteiger partial charge in [0.2, 0.25) is 0 Å². The van der Waals surface area contributed by atoms with Gasteiger partial charge in [-0.15, -0.1) is 0 Å². The first kappa shape index (κ1) is 16.5. The summed E-state index contributed by atoms with van der Waals surface area (Å²) in [6.45, 7) is 6.65. The number of rotatable bonds is 9. The molecular weight excluding hydrogens is 250 g/mol. The number of unbranched alkanes of at least 4 members (excludes halogenated alkanes) is 3. The summed E-state index contributed by atoms with van der Waals surface area (Å²) in [5, 5.41) is 3.46. The van der Waals surface area contributed by atoms with Gasteiger partial charge >= 0.3 is 5.97 Å². The third kappa shape index (κ3) is 6.09. The van der Waals surface area contributed by atoms with E-state index in [9.17, 15) is 4.79 Å². The second-order valence-electron chi connectivity index (χ2n) is 5.19. The van der Waals surface area contributed by atoms with Crippen LogP contribution in [0.2, 0.25) is 0 Å². The first-order valence-electron chi connectivity index (χ1n) is 7.71. The second kappa shape index (κ2) is 9.40. The lowest BCUT2D eigenvalue weighted by molar-refractivity contribution is 0.0526. The predicted octanol–water partition coefficient (Wildman–Crippen LogP) is 4.63. The van der Waals surface area contributed by atoms with Crippen molar-refractivity contribution >= 4 is 11.7 Å². The van der Waals surface area contributed by atoms with Crippen LogP contribution in [0.15, 0.2) is 24.3 Å². The number of esters is 1. The molecule has 0 heterocycles. The highest BCUT2D eigenvalue weighted by Gasteiger charge is 2.06. The highest BCUT2D eigenvalue weighted by Crippen LogP contribution is 2.14. The van der Waals surface area contributed by atoms with Crippen molar-refractivity contribution in [1.82, 2.24) is 0 Å². The van der Waals surface area contributed by atoms with E-state index in [-0.39, 0.29) is 5.97 Å². The Bertz CT molecular complexity index is 386. The molecule has 3 nitrogen and oxygen atoms in total. The number of hydrogen-bond acceptors (Lipinski definition) is 3. The molecule has 3 heteroatoms. The summed E-state index contributed by atoms with van der Waals surface area (Å²) in [6, 6.07) is 7.96. The zero-order valence-corrected chi connectivity index (χ0v) is 12.9. The molecule has 112 valence electrons. The number of benzene rings is 1. The van der Waals surface area contributed by atoms with E-state index >= 15 is 0 Å². The van der Waals surface area contributed by atoms with Crippen LogP contribution in [-0.4, -0.2) is 18.6 Å². The molecule has 0 radical (unpaired) electrons. The molecule has 20 heavy (non-hydrogen) atoms. The van der Waals surface area contributed by atoms with Gasteiger partial charge in [-0.3, -0.25) is 0 Å². The van der Waals surface area contributed by atoms with Crippen LogP contribution in [0.3, 0.4) is 0 Å². The van der Waals surface area contributed by atoms with Crippen LogP contribution in [0.4, 0.5) is 5.69 Å². The molecule has 0 amide bonds. The average Bonchev–Trinajstić information content (AvgIpc) is 2.45. The molecule has 0 aliphatic rings. The van der Waals surface area contributed by atoms with Gasteiger partial charge in [0.1, 0.15) is 0 Å². The fourth-order valence-corrected chi connectivity index (χ4v) is 2.15. The van der Waals surface area contributed by atoms with E-state index in [1.54, 1.807) is 0 Å². The summed E-state index contributed by atoms with van der Waals surface area (Å²) in [4.78, 5) is 11.5. The first-order chi connectivity index (χ1) is 9.67. The summed E-state index contributed by atoms with van der Waals surface area (Å²) >= 11 is 0. The normalized spacial score (nSPS) is 11.9. The van der Waals surface area contributed by atoms with Crippen molar-refractivity contribution in [2.45, 2.75) is 58.9 Å². The summed E-state index contributed by atoms with van der Waals surface area (Å²) in [6.07, 6.45) is 6.35. The van der Waals surface area contributed by atoms with Crippen molar-refractivity contribution in [1.29, 1.82) is 0 Å². The summed E-state index contributed by atoms with van der Waals surface area (Å²) < 4.78 is 4.97. The van der Waals surface area contributed by atoms with Crippen molar-refractivity contribution in [3.8, 4) is 0 Å². The van der Waals surface area contributed by atoms with Crippen LogP contribution in [0, 0.1) is 0 Å². The molecule has 0 fully saturated rings. The highest BCUT2D eigenvalue weighted by molar-refractivity contribution is 5.89. The summed E-state index contributed by atoms with van der Waals surface area (Å²) in [7, 11) is 0. The second-order valence-corrected chi connectivity index (χ2v) is 5.19. The van der Waals surface area contributed by atoms with E-state index in [1.165, 1.54) is 32.1 Å². The molecule has 1 aromatic carbocycles. The smallest absolute Gasteiger partial charge is 0.338 e. The molecular formula is C17H27NO2. The SMILES string of the molecule is CCCCCCC(C)Nc1ccc(C(=O)OCC)cc1. The van der Waals surface area contributed by atoms with Crippen LogP contribution in [0.25, 0.3) is 0 Å². The Morgan fingerprint density at radius 2 is 1.85 bits per heavy atom. The summed E-state index contributed by atoms with van der Waals surface area (Å²) in [5.74, 6) is -0.258. The molecule has 1 aromatic rings. The number of carbonyl (C=O) groups excluding carboxylic acids is 1. The van der Waals surface area contributed by atoms with Crippen LogP contribution in [0.1, 0.15) is 63.2 Å². The van der Waals surface area contributed by atoms with Crippen molar-refractivity contribution < 1.29 is 9.53 Å². The van der Waals surface area contributed by atoms with Gasteiger partial charge in [0, 0.05) is 11.7 Å². The number of ether oxygens (including phenoxy) is 1. The minimum absolute atomic E-state index is 0.258. The van der Waals surface area contributed by atoms with Gasteiger partial charge in [0.15, 0.2) is 0 Å². The lowest BCUT2D eigenvalue weighted by atomic mass is 10.1. The fraction of sp³-hybridized carbons (Fsp3) is 0.588. The Kier molecular flexibility index (Phi) is 7.78. The predicted molar refractivity (Wildman–Crippen MR) is 84.2 cm³/mol. The molecule has 0 aromatic heterocycles. The Morgan fingerprint density at radius 3 is 2.45 bits per heavy atom. The van der Waals surface area contributed by atoms with Crippen molar-refractivity contribution in [3.05, 3.63) is 29.8 Å².